The number of rotatable bonds is 3. The van der Waals surface area contributed by atoms with Crippen molar-refractivity contribution in [1.82, 2.24) is 4.98 Å². The molecule has 0 unspecified atom stereocenters. The maximum absolute atomic E-state index is 5.66. The molecule has 1 fully saturated rings. The number of fused-ring (bicyclic) bond motifs is 1. The van der Waals surface area contributed by atoms with Crippen molar-refractivity contribution in [2.45, 2.75) is 19.8 Å². The van der Waals surface area contributed by atoms with E-state index >= 15 is 0 Å². The van der Waals surface area contributed by atoms with Gasteiger partial charge in [0.2, 0.25) is 0 Å². The van der Waals surface area contributed by atoms with Crippen molar-refractivity contribution in [3.8, 4) is 0 Å². The van der Waals surface area contributed by atoms with Crippen LogP contribution in [0.2, 0.25) is 0 Å². The second kappa shape index (κ2) is 5.87. The highest BCUT2D eigenvalue weighted by molar-refractivity contribution is 5.92. The van der Waals surface area contributed by atoms with E-state index in [9.17, 15) is 0 Å². The fourth-order valence-electron chi connectivity index (χ4n) is 2.81. The molecule has 2 aromatic rings. The molecule has 0 aliphatic carbocycles. The number of pyridine rings is 1. The average molecular weight is 286 g/mol. The van der Waals surface area contributed by atoms with E-state index in [1.54, 1.807) is 0 Å². The molecule has 5 nitrogen and oxygen atoms in total. The van der Waals surface area contributed by atoms with E-state index in [4.69, 9.17) is 15.6 Å². The summed E-state index contributed by atoms with van der Waals surface area (Å²) >= 11 is 0. The predicted octanol–water partition coefficient (Wildman–Crippen LogP) is 2.48. The highest BCUT2D eigenvalue weighted by atomic mass is 16.5. The lowest BCUT2D eigenvalue weighted by molar-refractivity contribution is 0.123. The van der Waals surface area contributed by atoms with Crippen molar-refractivity contribution in [3.05, 3.63) is 29.8 Å². The second-order valence-corrected chi connectivity index (χ2v) is 5.67. The lowest BCUT2D eigenvalue weighted by atomic mass is 10.0. The van der Waals surface area contributed by atoms with Crippen LogP contribution in [0.15, 0.2) is 24.3 Å². The Morgan fingerprint density at radius 2 is 2.05 bits per heavy atom. The number of morpholine rings is 1. The molecular formula is C16H22N4O. The van der Waals surface area contributed by atoms with Gasteiger partial charge in [-0.25, -0.2) is 10.8 Å². The van der Waals surface area contributed by atoms with Crippen LogP contribution >= 0.6 is 0 Å². The molecule has 0 amide bonds. The fourth-order valence-corrected chi connectivity index (χ4v) is 2.81. The summed E-state index contributed by atoms with van der Waals surface area (Å²) in [5, 5.41) is 1.15. The molecule has 5 heteroatoms. The Morgan fingerprint density at radius 3 is 2.71 bits per heavy atom. The largest absolute Gasteiger partial charge is 0.378 e. The van der Waals surface area contributed by atoms with Crippen LogP contribution in [0.5, 0.6) is 0 Å². The molecule has 21 heavy (non-hydrogen) atoms. The third-order valence-electron chi connectivity index (χ3n) is 3.96. The number of hydrogen-bond acceptors (Lipinski definition) is 5. The lowest BCUT2D eigenvalue weighted by Gasteiger charge is -2.29. The number of nitrogen functional groups attached to an aromatic ring is 1. The van der Waals surface area contributed by atoms with Crippen LogP contribution in [0.25, 0.3) is 10.9 Å². The molecule has 0 spiro atoms. The molecule has 1 aliphatic rings. The van der Waals surface area contributed by atoms with Gasteiger partial charge in [-0.2, -0.15) is 0 Å². The van der Waals surface area contributed by atoms with E-state index in [0.717, 1.165) is 54.3 Å². The van der Waals surface area contributed by atoms with Gasteiger partial charge in [-0.1, -0.05) is 26.0 Å². The van der Waals surface area contributed by atoms with Crippen LogP contribution in [-0.4, -0.2) is 31.3 Å². The van der Waals surface area contributed by atoms with Crippen molar-refractivity contribution < 1.29 is 4.74 Å². The van der Waals surface area contributed by atoms with Crippen LogP contribution in [0.3, 0.4) is 0 Å². The summed E-state index contributed by atoms with van der Waals surface area (Å²) in [5.41, 5.74) is 6.04. The van der Waals surface area contributed by atoms with Gasteiger partial charge in [-0.15, -0.1) is 0 Å². The van der Waals surface area contributed by atoms with Crippen molar-refractivity contribution in [1.29, 1.82) is 0 Å². The summed E-state index contributed by atoms with van der Waals surface area (Å²) in [6.45, 7) is 7.63. The average Bonchev–Trinajstić information content (AvgIpc) is 2.53. The molecule has 112 valence electrons. The number of ether oxygens (including phenoxy) is 1. The monoisotopic (exact) mass is 286 g/mol. The number of nitrogens with one attached hydrogen (secondary N) is 1. The van der Waals surface area contributed by atoms with E-state index in [0.29, 0.717) is 5.92 Å². The molecule has 3 N–H and O–H groups in total. The highest BCUT2D eigenvalue weighted by Crippen LogP contribution is 2.31. The molecule has 0 saturated carbocycles. The summed E-state index contributed by atoms with van der Waals surface area (Å²) in [4.78, 5) is 7.10. The van der Waals surface area contributed by atoms with Crippen LogP contribution in [-0.2, 0) is 4.74 Å². The Morgan fingerprint density at radius 1 is 1.29 bits per heavy atom. The molecule has 1 saturated heterocycles. The quantitative estimate of drug-likeness (QED) is 0.670. The Bertz CT molecular complexity index is 635. The number of para-hydroxylation sites is 1. The van der Waals surface area contributed by atoms with Gasteiger partial charge in [0, 0.05) is 18.5 Å². The molecule has 1 aromatic carbocycles. The molecule has 3 rings (SSSR count). The van der Waals surface area contributed by atoms with Gasteiger partial charge in [0.25, 0.3) is 0 Å². The van der Waals surface area contributed by atoms with E-state index in [1.807, 2.05) is 0 Å². The minimum atomic E-state index is 0.375. The number of hydrogen-bond donors (Lipinski definition) is 2. The second-order valence-electron chi connectivity index (χ2n) is 5.67. The van der Waals surface area contributed by atoms with Crippen LogP contribution in [0.1, 0.15) is 25.3 Å². The number of hydrazine groups is 1. The van der Waals surface area contributed by atoms with E-state index in [2.05, 4.69) is 48.4 Å². The Balaban J connectivity index is 2.13. The van der Waals surface area contributed by atoms with Crippen molar-refractivity contribution >= 4 is 22.4 Å². The van der Waals surface area contributed by atoms with Crippen LogP contribution in [0, 0.1) is 0 Å². The van der Waals surface area contributed by atoms with Crippen molar-refractivity contribution in [2.24, 2.45) is 5.84 Å². The van der Waals surface area contributed by atoms with Gasteiger partial charge in [-0.3, -0.25) is 0 Å². The maximum atomic E-state index is 5.66. The predicted molar refractivity (Wildman–Crippen MR) is 86.7 cm³/mol. The first-order chi connectivity index (χ1) is 10.2. The summed E-state index contributed by atoms with van der Waals surface area (Å²) in [6, 6.07) is 8.51. The first-order valence-corrected chi connectivity index (χ1v) is 7.43. The summed E-state index contributed by atoms with van der Waals surface area (Å²) < 4.78 is 5.43. The lowest BCUT2D eigenvalue weighted by Crippen LogP contribution is -2.36. The molecule has 2 heterocycles. The smallest absolute Gasteiger partial charge is 0.144 e. The minimum Gasteiger partial charge on any atom is -0.378 e. The highest BCUT2D eigenvalue weighted by Gasteiger charge is 2.17. The normalized spacial score (nSPS) is 15.7. The minimum absolute atomic E-state index is 0.375. The van der Waals surface area contributed by atoms with Crippen LogP contribution < -0.4 is 16.2 Å². The number of anilines is 2. The Hall–Kier alpha value is -1.85. The summed E-state index contributed by atoms with van der Waals surface area (Å²) in [5.74, 6) is 6.80. The molecule has 1 aromatic heterocycles. The SMILES string of the molecule is CC(C)c1cc2cccc(N3CCOCC3)c2nc1NN. The standard InChI is InChI=1S/C16H22N4O/c1-11(2)13-10-12-4-3-5-14(15(12)18-16(13)19-17)20-6-8-21-9-7-20/h3-5,10-11H,6-9,17H2,1-2H3,(H,18,19). The topological polar surface area (TPSA) is 63.4 Å². The number of benzene rings is 1. The zero-order valence-corrected chi connectivity index (χ0v) is 12.6. The first kappa shape index (κ1) is 14.1. The van der Waals surface area contributed by atoms with Crippen molar-refractivity contribution in [3.63, 3.8) is 0 Å². The van der Waals surface area contributed by atoms with E-state index in [1.165, 1.54) is 0 Å². The Kier molecular flexibility index (Phi) is 3.94. The van der Waals surface area contributed by atoms with Gasteiger partial charge in [-0.05, 0) is 23.6 Å². The van der Waals surface area contributed by atoms with Gasteiger partial charge in [0.05, 0.1) is 24.4 Å². The van der Waals surface area contributed by atoms with E-state index in [-0.39, 0.29) is 0 Å². The zero-order valence-electron chi connectivity index (χ0n) is 12.6. The van der Waals surface area contributed by atoms with Gasteiger partial charge in [0.1, 0.15) is 5.82 Å². The number of nitrogens with two attached hydrogens (primary N) is 1. The zero-order chi connectivity index (χ0) is 14.8. The first-order valence-electron chi connectivity index (χ1n) is 7.43. The third-order valence-corrected chi connectivity index (χ3v) is 3.96. The van der Waals surface area contributed by atoms with Crippen LogP contribution in [0.4, 0.5) is 11.5 Å². The van der Waals surface area contributed by atoms with Crippen molar-refractivity contribution in [2.75, 3.05) is 36.6 Å². The maximum Gasteiger partial charge on any atom is 0.144 e. The summed E-state index contributed by atoms with van der Waals surface area (Å²) in [7, 11) is 0. The van der Waals surface area contributed by atoms with Gasteiger partial charge >= 0.3 is 0 Å². The molecule has 0 radical (unpaired) electrons. The Labute approximate surface area is 125 Å². The van der Waals surface area contributed by atoms with Gasteiger partial charge in [0.15, 0.2) is 0 Å². The number of nitrogens with zero attached hydrogens (tertiary/aromatic N) is 2. The number of aromatic nitrogens is 1. The van der Waals surface area contributed by atoms with Gasteiger partial charge < -0.3 is 15.1 Å². The molecule has 0 atom stereocenters. The summed E-state index contributed by atoms with van der Waals surface area (Å²) in [6.07, 6.45) is 0. The molecular weight excluding hydrogens is 264 g/mol. The fraction of sp³-hybridized carbons (Fsp3) is 0.438. The third kappa shape index (κ3) is 2.66. The van der Waals surface area contributed by atoms with E-state index < -0.39 is 0 Å². The molecule has 1 aliphatic heterocycles. The molecule has 0 bridgehead atoms.